The summed E-state index contributed by atoms with van der Waals surface area (Å²) >= 11 is 0. The minimum atomic E-state index is -0.266. The third-order valence-electron chi connectivity index (χ3n) is 2.81. The fourth-order valence-corrected chi connectivity index (χ4v) is 1.82. The number of ether oxygens (including phenoxy) is 1. The molecule has 1 N–H and O–H groups in total. The van der Waals surface area contributed by atoms with E-state index in [1.165, 1.54) is 12.3 Å². The van der Waals surface area contributed by atoms with Crippen LogP contribution in [0.1, 0.15) is 5.76 Å². The molecule has 0 aliphatic carbocycles. The summed E-state index contributed by atoms with van der Waals surface area (Å²) in [6.07, 6.45) is 9.15. The number of hydrogen-bond donors (Lipinski definition) is 1. The number of aromatic nitrogens is 2. The summed E-state index contributed by atoms with van der Waals surface area (Å²) in [7, 11) is 0. The van der Waals surface area contributed by atoms with Crippen molar-refractivity contribution < 1.29 is 13.9 Å². The molecule has 0 radical (unpaired) electrons. The molecule has 2 heterocycles. The van der Waals surface area contributed by atoms with Crippen molar-refractivity contribution in [3.63, 3.8) is 0 Å². The molecule has 3 rings (SSSR count). The Morgan fingerprint density at radius 2 is 2.17 bits per heavy atom. The van der Waals surface area contributed by atoms with E-state index >= 15 is 0 Å². The Balaban J connectivity index is 1.64. The number of carbonyl (C=O) groups excluding carboxylic acids is 1. The van der Waals surface area contributed by atoms with Crippen LogP contribution < -0.4 is 10.1 Å². The van der Waals surface area contributed by atoms with Crippen LogP contribution in [0.4, 0.5) is 5.69 Å². The predicted molar refractivity (Wildman–Crippen MR) is 84.9 cm³/mol. The average molecular weight is 307 g/mol. The first-order valence-electron chi connectivity index (χ1n) is 6.86. The summed E-state index contributed by atoms with van der Waals surface area (Å²) in [5.41, 5.74) is 0.612. The van der Waals surface area contributed by atoms with E-state index < -0.39 is 0 Å². The third kappa shape index (κ3) is 4.28. The number of hydrogen-bond acceptors (Lipinski definition) is 5. The number of furan rings is 1. The summed E-state index contributed by atoms with van der Waals surface area (Å²) in [5, 5.41) is 2.75. The van der Waals surface area contributed by atoms with Gasteiger partial charge in [0.05, 0.1) is 12.5 Å². The summed E-state index contributed by atoms with van der Waals surface area (Å²) < 4.78 is 10.7. The molecule has 0 saturated carbocycles. The number of anilines is 1. The first kappa shape index (κ1) is 14.5. The van der Waals surface area contributed by atoms with Crippen LogP contribution >= 0.6 is 0 Å². The van der Waals surface area contributed by atoms with Crippen molar-refractivity contribution in [2.75, 3.05) is 5.32 Å². The van der Waals surface area contributed by atoms with Gasteiger partial charge in [0.25, 0.3) is 0 Å². The highest BCUT2D eigenvalue weighted by Gasteiger charge is 2.02. The molecule has 0 atom stereocenters. The van der Waals surface area contributed by atoms with E-state index in [9.17, 15) is 4.79 Å². The van der Waals surface area contributed by atoms with Gasteiger partial charge in [0.15, 0.2) is 0 Å². The average Bonchev–Trinajstić information content (AvgIpc) is 3.08. The predicted octanol–water partition coefficient (Wildman–Crippen LogP) is 3.51. The van der Waals surface area contributed by atoms with Crippen LogP contribution in [0.3, 0.4) is 0 Å². The van der Waals surface area contributed by atoms with Crippen molar-refractivity contribution in [1.82, 2.24) is 9.97 Å². The zero-order valence-corrected chi connectivity index (χ0v) is 12.0. The molecule has 1 amide bonds. The summed E-state index contributed by atoms with van der Waals surface area (Å²) in [6, 6.07) is 10.5. The van der Waals surface area contributed by atoms with Crippen molar-refractivity contribution in [3.8, 4) is 11.6 Å². The smallest absolute Gasteiger partial charge is 0.248 e. The molecule has 23 heavy (non-hydrogen) atoms. The van der Waals surface area contributed by atoms with Crippen LogP contribution in [0.25, 0.3) is 6.08 Å². The lowest BCUT2D eigenvalue weighted by Crippen LogP contribution is -2.07. The maximum atomic E-state index is 11.9. The van der Waals surface area contributed by atoms with Gasteiger partial charge in [0.1, 0.15) is 11.5 Å². The molecular weight excluding hydrogens is 294 g/mol. The first-order valence-corrected chi connectivity index (χ1v) is 6.86. The van der Waals surface area contributed by atoms with Gasteiger partial charge in [0.2, 0.25) is 11.8 Å². The third-order valence-corrected chi connectivity index (χ3v) is 2.81. The fourth-order valence-electron chi connectivity index (χ4n) is 1.82. The van der Waals surface area contributed by atoms with Gasteiger partial charge >= 0.3 is 0 Å². The molecule has 0 saturated heterocycles. The highest BCUT2D eigenvalue weighted by molar-refractivity contribution is 6.01. The molecule has 114 valence electrons. The standard InChI is InChI=1S/C17H13N3O3/c21-16(7-6-14-5-2-10-22-14)20-13-3-1-4-15(11-13)23-17-12-18-8-9-19-17/h1-12H,(H,20,21). The minimum absolute atomic E-state index is 0.266. The van der Waals surface area contributed by atoms with Gasteiger partial charge in [-0.05, 0) is 30.3 Å². The Bertz CT molecular complexity index is 799. The van der Waals surface area contributed by atoms with E-state index in [-0.39, 0.29) is 5.91 Å². The van der Waals surface area contributed by atoms with E-state index in [1.54, 1.807) is 61.1 Å². The highest BCUT2D eigenvalue weighted by atomic mass is 16.5. The summed E-state index contributed by atoms with van der Waals surface area (Å²) in [4.78, 5) is 19.8. The number of rotatable bonds is 5. The zero-order valence-electron chi connectivity index (χ0n) is 12.0. The van der Waals surface area contributed by atoms with E-state index in [0.29, 0.717) is 23.1 Å². The molecular formula is C17H13N3O3. The Morgan fingerprint density at radius 1 is 1.22 bits per heavy atom. The molecule has 0 aliphatic heterocycles. The monoisotopic (exact) mass is 307 g/mol. The Morgan fingerprint density at radius 3 is 2.96 bits per heavy atom. The van der Waals surface area contributed by atoms with Gasteiger partial charge in [0, 0.05) is 30.2 Å². The van der Waals surface area contributed by atoms with Gasteiger partial charge in [-0.25, -0.2) is 4.98 Å². The van der Waals surface area contributed by atoms with Gasteiger partial charge < -0.3 is 14.5 Å². The van der Waals surface area contributed by atoms with Crippen LogP contribution in [-0.4, -0.2) is 15.9 Å². The van der Waals surface area contributed by atoms with Gasteiger partial charge in [-0.2, -0.15) is 0 Å². The van der Waals surface area contributed by atoms with Crippen molar-refractivity contribution in [2.45, 2.75) is 0 Å². The molecule has 0 aliphatic rings. The largest absolute Gasteiger partial charge is 0.465 e. The van der Waals surface area contributed by atoms with Crippen LogP contribution in [0.15, 0.2) is 71.7 Å². The second-order valence-electron chi connectivity index (χ2n) is 4.51. The van der Waals surface area contributed by atoms with Crippen LogP contribution in [0.2, 0.25) is 0 Å². The normalized spacial score (nSPS) is 10.6. The lowest BCUT2D eigenvalue weighted by Gasteiger charge is -2.06. The van der Waals surface area contributed by atoms with E-state index in [0.717, 1.165) is 0 Å². The molecule has 6 nitrogen and oxygen atoms in total. The van der Waals surface area contributed by atoms with Crippen molar-refractivity contribution >= 4 is 17.7 Å². The lowest BCUT2D eigenvalue weighted by atomic mass is 10.3. The quantitative estimate of drug-likeness (QED) is 0.730. The SMILES string of the molecule is O=C(C=Cc1ccco1)Nc1cccc(Oc2cnccn2)c1. The van der Waals surface area contributed by atoms with Gasteiger partial charge in [-0.3, -0.25) is 9.78 Å². The second-order valence-corrected chi connectivity index (χ2v) is 4.51. The second kappa shape index (κ2) is 7.04. The molecule has 0 spiro atoms. The van der Waals surface area contributed by atoms with Crippen LogP contribution in [-0.2, 0) is 4.79 Å². The van der Waals surface area contributed by atoms with Gasteiger partial charge in [-0.1, -0.05) is 6.07 Å². The Labute approximate surface area is 132 Å². The number of nitrogens with one attached hydrogen (secondary N) is 1. The topological polar surface area (TPSA) is 77.2 Å². The first-order chi connectivity index (χ1) is 11.3. The van der Waals surface area contributed by atoms with E-state index in [1.807, 2.05) is 0 Å². The minimum Gasteiger partial charge on any atom is -0.465 e. The fraction of sp³-hybridized carbons (Fsp3) is 0. The van der Waals surface area contributed by atoms with E-state index in [2.05, 4.69) is 15.3 Å². The summed E-state index contributed by atoms with van der Waals surface area (Å²) in [6.45, 7) is 0. The highest BCUT2D eigenvalue weighted by Crippen LogP contribution is 2.22. The number of nitrogens with zero attached hydrogens (tertiary/aromatic N) is 2. The van der Waals surface area contributed by atoms with E-state index in [4.69, 9.17) is 9.15 Å². The van der Waals surface area contributed by atoms with Gasteiger partial charge in [-0.15, -0.1) is 0 Å². The lowest BCUT2D eigenvalue weighted by molar-refractivity contribution is -0.111. The maximum Gasteiger partial charge on any atom is 0.248 e. The number of carbonyl (C=O) groups is 1. The van der Waals surface area contributed by atoms with Crippen molar-refractivity contribution in [3.05, 3.63) is 73.1 Å². The molecule has 2 aromatic heterocycles. The van der Waals surface area contributed by atoms with Crippen molar-refractivity contribution in [1.29, 1.82) is 0 Å². The molecule has 6 heteroatoms. The van der Waals surface area contributed by atoms with Crippen LogP contribution in [0.5, 0.6) is 11.6 Å². The maximum absolute atomic E-state index is 11.9. The molecule has 0 fully saturated rings. The molecule has 0 bridgehead atoms. The number of amides is 1. The number of benzene rings is 1. The van der Waals surface area contributed by atoms with Crippen molar-refractivity contribution in [2.24, 2.45) is 0 Å². The molecule has 3 aromatic rings. The Kier molecular flexibility index (Phi) is 4.44. The van der Waals surface area contributed by atoms with Crippen LogP contribution in [0, 0.1) is 0 Å². The zero-order chi connectivity index (χ0) is 15.9. The molecule has 0 unspecified atom stereocenters. The molecule has 1 aromatic carbocycles. The Hall–Kier alpha value is -3.41. The summed E-state index contributed by atoms with van der Waals surface area (Å²) in [5.74, 6) is 1.28.